The molecule has 22 heavy (non-hydrogen) atoms. The zero-order chi connectivity index (χ0) is 15.7. The molecule has 1 aliphatic rings. The Balaban J connectivity index is 1.79. The number of rotatable bonds is 3. The van der Waals surface area contributed by atoms with Crippen LogP contribution in [0.3, 0.4) is 0 Å². The predicted octanol–water partition coefficient (Wildman–Crippen LogP) is 2.72. The van der Waals surface area contributed by atoms with E-state index in [0.717, 1.165) is 5.56 Å². The van der Waals surface area contributed by atoms with E-state index in [9.17, 15) is 9.59 Å². The van der Waals surface area contributed by atoms with Crippen LogP contribution in [0.1, 0.15) is 17.2 Å². The number of halogens is 1. The van der Waals surface area contributed by atoms with Crippen LogP contribution in [0.5, 0.6) is 0 Å². The van der Waals surface area contributed by atoms with E-state index < -0.39 is 12.1 Å². The summed E-state index contributed by atoms with van der Waals surface area (Å²) in [5.41, 5.74) is 7.82. The van der Waals surface area contributed by atoms with E-state index in [2.05, 4.69) is 5.32 Å². The first-order valence-corrected chi connectivity index (χ1v) is 7.14. The van der Waals surface area contributed by atoms with Crippen molar-refractivity contribution < 1.29 is 9.59 Å². The van der Waals surface area contributed by atoms with Crippen molar-refractivity contribution in [2.75, 3.05) is 5.73 Å². The molecule has 0 aromatic heterocycles. The third-order valence-electron chi connectivity index (χ3n) is 3.55. The molecule has 2 aromatic carbocycles. The molecule has 0 bridgehead atoms. The minimum absolute atomic E-state index is 0.217. The summed E-state index contributed by atoms with van der Waals surface area (Å²) in [6, 6.07) is 12.9. The monoisotopic (exact) mass is 315 g/mol. The minimum atomic E-state index is -0.668. The van der Waals surface area contributed by atoms with Gasteiger partial charge in [-0.05, 0) is 35.4 Å². The standard InChI is InChI=1S/C16H14ClN3O2/c17-12-5-3-11(4-6-12)14-15(21)20(16(22)19-14)9-10-1-7-13(18)8-2-10/h1-8,14H,9,18H2,(H,19,22). The zero-order valence-corrected chi connectivity index (χ0v) is 12.4. The van der Waals surface area contributed by atoms with Crippen molar-refractivity contribution in [2.24, 2.45) is 0 Å². The lowest BCUT2D eigenvalue weighted by Crippen LogP contribution is -2.30. The van der Waals surface area contributed by atoms with Crippen molar-refractivity contribution in [1.29, 1.82) is 0 Å². The SMILES string of the molecule is Nc1ccc(CN2C(=O)NC(c3ccc(Cl)cc3)C2=O)cc1. The van der Waals surface area contributed by atoms with Gasteiger partial charge in [-0.15, -0.1) is 0 Å². The average Bonchev–Trinajstić information content (AvgIpc) is 2.78. The summed E-state index contributed by atoms with van der Waals surface area (Å²) in [5.74, 6) is -0.274. The van der Waals surface area contributed by atoms with Crippen LogP contribution in [0.2, 0.25) is 5.02 Å². The summed E-state index contributed by atoms with van der Waals surface area (Å²) in [6.07, 6.45) is 0. The van der Waals surface area contributed by atoms with E-state index in [0.29, 0.717) is 16.3 Å². The highest BCUT2D eigenvalue weighted by molar-refractivity contribution is 6.30. The van der Waals surface area contributed by atoms with Crippen LogP contribution in [-0.4, -0.2) is 16.8 Å². The fraction of sp³-hybridized carbons (Fsp3) is 0.125. The number of carbonyl (C=O) groups excluding carboxylic acids is 2. The van der Waals surface area contributed by atoms with Gasteiger partial charge in [0.05, 0.1) is 6.54 Å². The van der Waals surface area contributed by atoms with E-state index in [1.807, 2.05) is 0 Å². The maximum absolute atomic E-state index is 12.5. The summed E-state index contributed by atoms with van der Waals surface area (Å²) in [6.45, 7) is 0.217. The largest absolute Gasteiger partial charge is 0.399 e. The van der Waals surface area contributed by atoms with Gasteiger partial charge in [-0.2, -0.15) is 0 Å². The van der Waals surface area contributed by atoms with E-state index in [4.69, 9.17) is 17.3 Å². The number of amides is 3. The summed E-state index contributed by atoms with van der Waals surface area (Å²) in [7, 11) is 0. The summed E-state index contributed by atoms with van der Waals surface area (Å²) < 4.78 is 0. The van der Waals surface area contributed by atoms with Crippen LogP contribution >= 0.6 is 11.6 Å². The summed E-state index contributed by atoms with van der Waals surface area (Å²) in [5, 5.41) is 3.27. The molecule has 0 radical (unpaired) electrons. The number of benzene rings is 2. The maximum Gasteiger partial charge on any atom is 0.325 e. The summed E-state index contributed by atoms with van der Waals surface area (Å²) in [4.78, 5) is 25.7. The van der Waals surface area contributed by atoms with Crippen molar-refractivity contribution in [2.45, 2.75) is 12.6 Å². The first-order chi connectivity index (χ1) is 10.5. The second-order valence-corrected chi connectivity index (χ2v) is 5.54. The molecule has 1 unspecified atom stereocenters. The number of carbonyl (C=O) groups is 2. The Morgan fingerprint density at radius 3 is 2.32 bits per heavy atom. The van der Waals surface area contributed by atoms with E-state index >= 15 is 0 Å². The van der Waals surface area contributed by atoms with Crippen LogP contribution in [0.25, 0.3) is 0 Å². The molecule has 0 aliphatic carbocycles. The number of imide groups is 1. The van der Waals surface area contributed by atoms with Crippen molar-refractivity contribution in [3.05, 3.63) is 64.7 Å². The van der Waals surface area contributed by atoms with Gasteiger partial charge in [0.2, 0.25) is 0 Å². The molecule has 0 spiro atoms. The van der Waals surface area contributed by atoms with Crippen molar-refractivity contribution >= 4 is 29.2 Å². The highest BCUT2D eigenvalue weighted by atomic mass is 35.5. The van der Waals surface area contributed by atoms with Crippen molar-refractivity contribution in [1.82, 2.24) is 10.2 Å². The molecule has 5 nitrogen and oxygen atoms in total. The van der Waals surface area contributed by atoms with Gasteiger partial charge in [-0.3, -0.25) is 9.69 Å². The van der Waals surface area contributed by atoms with Gasteiger partial charge in [0.15, 0.2) is 0 Å². The van der Waals surface area contributed by atoms with Crippen LogP contribution in [0, 0.1) is 0 Å². The smallest absolute Gasteiger partial charge is 0.325 e. The molecular formula is C16H14ClN3O2. The molecule has 1 fully saturated rings. The van der Waals surface area contributed by atoms with Crippen LogP contribution < -0.4 is 11.1 Å². The van der Waals surface area contributed by atoms with Crippen LogP contribution in [-0.2, 0) is 11.3 Å². The number of hydrogen-bond donors (Lipinski definition) is 2. The average molecular weight is 316 g/mol. The van der Waals surface area contributed by atoms with Crippen molar-refractivity contribution in [3.63, 3.8) is 0 Å². The number of nitrogens with two attached hydrogens (primary N) is 1. The lowest BCUT2D eigenvalue weighted by Gasteiger charge is -2.13. The first-order valence-electron chi connectivity index (χ1n) is 6.76. The Hall–Kier alpha value is -2.53. The fourth-order valence-corrected chi connectivity index (χ4v) is 2.48. The third-order valence-corrected chi connectivity index (χ3v) is 3.80. The van der Waals surface area contributed by atoms with Gasteiger partial charge in [0.1, 0.15) is 6.04 Å². The summed E-state index contributed by atoms with van der Waals surface area (Å²) >= 11 is 5.84. The molecule has 3 N–H and O–H groups in total. The topological polar surface area (TPSA) is 75.4 Å². The van der Waals surface area contributed by atoms with Gasteiger partial charge >= 0.3 is 6.03 Å². The van der Waals surface area contributed by atoms with Gasteiger partial charge in [-0.1, -0.05) is 35.9 Å². The normalized spacial score (nSPS) is 17.7. The highest BCUT2D eigenvalue weighted by Gasteiger charge is 2.38. The maximum atomic E-state index is 12.5. The fourth-order valence-electron chi connectivity index (χ4n) is 2.36. The molecule has 6 heteroatoms. The van der Waals surface area contributed by atoms with E-state index in [-0.39, 0.29) is 12.5 Å². The molecule has 112 valence electrons. The van der Waals surface area contributed by atoms with Gasteiger partial charge < -0.3 is 11.1 Å². The van der Waals surface area contributed by atoms with E-state index in [1.54, 1.807) is 48.5 Å². The van der Waals surface area contributed by atoms with Crippen molar-refractivity contribution in [3.8, 4) is 0 Å². The van der Waals surface area contributed by atoms with Gasteiger partial charge in [0, 0.05) is 10.7 Å². The molecule has 3 rings (SSSR count). The predicted molar refractivity (Wildman–Crippen MR) is 84.1 cm³/mol. The number of nitrogens with zero attached hydrogens (tertiary/aromatic N) is 1. The molecule has 1 heterocycles. The number of nitrogen functional groups attached to an aromatic ring is 1. The Labute approximate surface area is 132 Å². The Kier molecular flexibility index (Phi) is 3.73. The van der Waals surface area contributed by atoms with Crippen LogP contribution in [0.4, 0.5) is 10.5 Å². The number of anilines is 1. The molecule has 1 atom stereocenters. The zero-order valence-electron chi connectivity index (χ0n) is 11.6. The molecule has 1 aliphatic heterocycles. The molecule has 3 amide bonds. The second-order valence-electron chi connectivity index (χ2n) is 5.10. The molecule has 2 aromatic rings. The minimum Gasteiger partial charge on any atom is -0.399 e. The Morgan fingerprint density at radius 1 is 1.05 bits per heavy atom. The molecule has 0 saturated carbocycles. The van der Waals surface area contributed by atoms with Gasteiger partial charge in [0.25, 0.3) is 5.91 Å². The quantitative estimate of drug-likeness (QED) is 0.675. The van der Waals surface area contributed by atoms with Crippen LogP contribution in [0.15, 0.2) is 48.5 Å². The van der Waals surface area contributed by atoms with E-state index in [1.165, 1.54) is 4.90 Å². The first kappa shape index (κ1) is 14.4. The Morgan fingerprint density at radius 2 is 1.68 bits per heavy atom. The van der Waals surface area contributed by atoms with Gasteiger partial charge in [-0.25, -0.2) is 4.79 Å². The number of nitrogens with one attached hydrogen (secondary N) is 1. The number of hydrogen-bond acceptors (Lipinski definition) is 3. The second kappa shape index (κ2) is 5.69. The highest BCUT2D eigenvalue weighted by Crippen LogP contribution is 2.24. The molecular weight excluding hydrogens is 302 g/mol. The lowest BCUT2D eigenvalue weighted by atomic mass is 10.1. The Bertz CT molecular complexity index is 713. The molecule has 1 saturated heterocycles. The lowest BCUT2D eigenvalue weighted by molar-refractivity contribution is -0.128. The third kappa shape index (κ3) is 2.76. The number of urea groups is 1.